The number of nitrogens with one attached hydrogen (secondary N) is 1. The van der Waals surface area contributed by atoms with Gasteiger partial charge in [0, 0.05) is 32.2 Å². The molecular formula is C18H30N4O3S. The molecule has 1 N–H and O–H groups in total. The van der Waals surface area contributed by atoms with Crippen molar-refractivity contribution in [3.05, 3.63) is 11.8 Å². The first kappa shape index (κ1) is 18.4. The Labute approximate surface area is 156 Å². The lowest BCUT2D eigenvalue weighted by molar-refractivity contribution is -0.0436. The molecule has 7 nitrogen and oxygen atoms in total. The van der Waals surface area contributed by atoms with Crippen LogP contribution in [-0.2, 0) is 21.3 Å². The summed E-state index contributed by atoms with van der Waals surface area (Å²) in [7, 11) is -3.45. The van der Waals surface area contributed by atoms with Gasteiger partial charge in [0.05, 0.1) is 18.9 Å². The number of aromatic nitrogens is 2. The second-order valence-electron chi connectivity index (χ2n) is 8.15. The third-order valence-corrected chi connectivity index (χ3v) is 8.36. The van der Waals surface area contributed by atoms with Gasteiger partial charge in [-0.25, -0.2) is 8.42 Å². The largest absolute Gasteiger partial charge is 0.379 e. The average molecular weight is 383 g/mol. The summed E-state index contributed by atoms with van der Waals surface area (Å²) < 4.78 is 34.9. The minimum absolute atomic E-state index is 0.337. The smallest absolute Gasteiger partial charge is 0.260 e. The Kier molecular flexibility index (Phi) is 4.88. The fourth-order valence-corrected chi connectivity index (χ4v) is 6.61. The van der Waals surface area contributed by atoms with E-state index in [0.717, 1.165) is 38.3 Å². The van der Waals surface area contributed by atoms with E-state index >= 15 is 0 Å². The second-order valence-corrected chi connectivity index (χ2v) is 10.0. The zero-order chi connectivity index (χ0) is 18.4. The van der Waals surface area contributed by atoms with Crippen LogP contribution in [0.1, 0.15) is 38.3 Å². The van der Waals surface area contributed by atoms with Gasteiger partial charge in [-0.05, 0) is 56.9 Å². The predicted octanol–water partition coefficient (Wildman–Crippen LogP) is 1.38. The SMILES string of the molecule is CCn1nc(C)cc1S(=O)(=O)N1CCC2(CC1)CC(C1COCCN1)C2. The number of ether oxygens (including phenoxy) is 1. The van der Waals surface area contributed by atoms with Gasteiger partial charge in [0.15, 0.2) is 5.03 Å². The standard InChI is InChI=1S/C18H30N4O3S/c1-3-22-17(10-14(2)20-22)26(23,24)21-7-4-18(5-8-21)11-15(12-18)16-13-25-9-6-19-16/h10,15-16,19H,3-9,11-13H2,1-2H3. The van der Waals surface area contributed by atoms with Crippen LogP contribution in [-0.4, -0.2) is 61.4 Å². The lowest BCUT2D eigenvalue weighted by Gasteiger charge is -2.54. The predicted molar refractivity (Wildman–Crippen MR) is 98.4 cm³/mol. The van der Waals surface area contributed by atoms with Crippen molar-refractivity contribution < 1.29 is 13.2 Å². The van der Waals surface area contributed by atoms with Gasteiger partial charge < -0.3 is 10.1 Å². The summed E-state index contributed by atoms with van der Waals surface area (Å²) in [5, 5.41) is 8.21. The molecule has 1 atom stereocenters. The molecule has 4 rings (SSSR count). The van der Waals surface area contributed by atoms with Crippen molar-refractivity contribution in [2.45, 2.75) is 57.1 Å². The molecule has 1 saturated carbocycles. The highest BCUT2D eigenvalue weighted by atomic mass is 32.2. The number of rotatable bonds is 4. The van der Waals surface area contributed by atoms with Crippen molar-refractivity contribution >= 4 is 10.0 Å². The zero-order valence-corrected chi connectivity index (χ0v) is 16.6. The van der Waals surface area contributed by atoms with Crippen LogP contribution >= 0.6 is 0 Å². The summed E-state index contributed by atoms with van der Waals surface area (Å²) in [6.45, 7) is 8.16. The second kappa shape index (κ2) is 6.89. The molecule has 2 aliphatic heterocycles. The van der Waals surface area contributed by atoms with Gasteiger partial charge in [-0.1, -0.05) is 0 Å². The molecule has 1 aromatic rings. The van der Waals surface area contributed by atoms with Gasteiger partial charge in [-0.2, -0.15) is 9.40 Å². The van der Waals surface area contributed by atoms with Crippen LogP contribution in [0.3, 0.4) is 0 Å². The van der Waals surface area contributed by atoms with E-state index in [1.54, 1.807) is 15.1 Å². The fraction of sp³-hybridized carbons (Fsp3) is 0.833. The van der Waals surface area contributed by atoms with E-state index in [-0.39, 0.29) is 0 Å². The topological polar surface area (TPSA) is 76.5 Å². The van der Waals surface area contributed by atoms with Crippen LogP contribution in [0.15, 0.2) is 11.1 Å². The van der Waals surface area contributed by atoms with E-state index in [1.165, 1.54) is 12.8 Å². The van der Waals surface area contributed by atoms with E-state index in [2.05, 4.69) is 10.4 Å². The maximum Gasteiger partial charge on any atom is 0.260 e. The molecule has 3 fully saturated rings. The molecule has 1 aromatic heterocycles. The highest BCUT2D eigenvalue weighted by Gasteiger charge is 2.49. The van der Waals surface area contributed by atoms with Gasteiger partial charge in [-0.3, -0.25) is 4.68 Å². The molecular weight excluding hydrogens is 352 g/mol. The normalized spacial score (nSPS) is 27.5. The molecule has 0 aromatic carbocycles. The maximum atomic E-state index is 13.0. The third kappa shape index (κ3) is 3.21. The molecule has 0 bridgehead atoms. The Morgan fingerprint density at radius 3 is 2.69 bits per heavy atom. The van der Waals surface area contributed by atoms with Crippen LogP contribution in [0.4, 0.5) is 0 Å². The Hall–Kier alpha value is -0.960. The zero-order valence-electron chi connectivity index (χ0n) is 15.8. The number of sulfonamides is 1. The van der Waals surface area contributed by atoms with E-state index in [0.29, 0.717) is 42.0 Å². The summed E-state index contributed by atoms with van der Waals surface area (Å²) in [6, 6.07) is 2.18. The van der Waals surface area contributed by atoms with Crippen molar-refractivity contribution in [3.8, 4) is 0 Å². The molecule has 146 valence electrons. The number of piperidine rings is 1. The van der Waals surface area contributed by atoms with Gasteiger partial charge in [-0.15, -0.1) is 0 Å². The van der Waals surface area contributed by atoms with Crippen molar-refractivity contribution in [1.29, 1.82) is 0 Å². The first-order chi connectivity index (χ1) is 12.4. The van der Waals surface area contributed by atoms with Gasteiger partial charge in [0.2, 0.25) is 0 Å². The monoisotopic (exact) mass is 382 g/mol. The van der Waals surface area contributed by atoms with Crippen LogP contribution in [0.5, 0.6) is 0 Å². The van der Waals surface area contributed by atoms with E-state index in [4.69, 9.17) is 4.74 Å². The first-order valence-corrected chi connectivity index (χ1v) is 11.2. The number of hydrogen-bond acceptors (Lipinski definition) is 5. The van der Waals surface area contributed by atoms with E-state index < -0.39 is 10.0 Å². The Morgan fingerprint density at radius 1 is 1.35 bits per heavy atom. The highest BCUT2D eigenvalue weighted by Crippen LogP contribution is 2.54. The number of nitrogens with zero attached hydrogens (tertiary/aromatic N) is 3. The van der Waals surface area contributed by atoms with Gasteiger partial charge >= 0.3 is 0 Å². The van der Waals surface area contributed by atoms with Crippen LogP contribution in [0.25, 0.3) is 0 Å². The summed E-state index contributed by atoms with van der Waals surface area (Å²) in [5.41, 5.74) is 1.10. The van der Waals surface area contributed by atoms with E-state index in [1.807, 2.05) is 13.8 Å². The van der Waals surface area contributed by atoms with Crippen LogP contribution < -0.4 is 5.32 Å². The molecule has 26 heavy (non-hydrogen) atoms. The summed E-state index contributed by atoms with van der Waals surface area (Å²) in [4.78, 5) is 0. The van der Waals surface area contributed by atoms with Crippen LogP contribution in [0, 0.1) is 18.3 Å². The molecule has 3 heterocycles. The van der Waals surface area contributed by atoms with Crippen molar-refractivity contribution in [2.75, 3.05) is 32.8 Å². The lowest BCUT2D eigenvalue weighted by atomic mass is 9.56. The van der Waals surface area contributed by atoms with Crippen molar-refractivity contribution in [1.82, 2.24) is 19.4 Å². The molecule has 8 heteroatoms. The van der Waals surface area contributed by atoms with E-state index in [9.17, 15) is 8.42 Å². The fourth-order valence-electron chi connectivity index (χ4n) is 4.92. The molecule has 0 radical (unpaired) electrons. The van der Waals surface area contributed by atoms with Crippen LogP contribution in [0.2, 0.25) is 0 Å². The summed E-state index contributed by atoms with van der Waals surface area (Å²) in [6.07, 6.45) is 4.34. The minimum Gasteiger partial charge on any atom is -0.379 e. The third-order valence-electron chi connectivity index (χ3n) is 6.46. The maximum absolute atomic E-state index is 13.0. The molecule has 1 aliphatic carbocycles. The Balaban J connectivity index is 1.38. The van der Waals surface area contributed by atoms with Gasteiger partial charge in [0.25, 0.3) is 10.0 Å². The Bertz CT molecular complexity index is 738. The quantitative estimate of drug-likeness (QED) is 0.851. The Morgan fingerprint density at radius 2 is 2.08 bits per heavy atom. The summed E-state index contributed by atoms with van der Waals surface area (Å²) >= 11 is 0. The molecule has 1 unspecified atom stereocenters. The summed E-state index contributed by atoms with van der Waals surface area (Å²) in [5.74, 6) is 0.683. The number of aryl methyl sites for hydroxylation is 2. The molecule has 3 aliphatic rings. The first-order valence-electron chi connectivity index (χ1n) is 9.79. The number of morpholine rings is 1. The van der Waals surface area contributed by atoms with Crippen molar-refractivity contribution in [3.63, 3.8) is 0 Å². The number of hydrogen-bond donors (Lipinski definition) is 1. The minimum atomic E-state index is -3.45. The average Bonchev–Trinajstić information content (AvgIpc) is 3.02. The molecule has 0 amide bonds. The van der Waals surface area contributed by atoms with Crippen molar-refractivity contribution in [2.24, 2.45) is 11.3 Å². The van der Waals surface area contributed by atoms with Gasteiger partial charge in [0.1, 0.15) is 0 Å². The lowest BCUT2D eigenvalue weighted by Crippen LogP contribution is -2.56. The molecule has 2 saturated heterocycles. The molecule has 1 spiro atoms. The highest BCUT2D eigenvalue weighted by molar-refractivity contribution is 7.89.